The molecule has 1 atom stereocenters. The van der Waals surface area contributed by atoms with Crippen molar-refractivity contribution in [2.24, 2.45) is 0 Å². The molecule has 6 nitrogen and oxygen atoms in total. The molecule has 0 bridgehead atoms. The maximum absolute atomic E-state index is 14.3. The predicted molar refractivity (Wildman–Crippen MR) is 95.6 cm³/mol. The maximum Gasteiger partial charge on any atom is 0.243 e. The Labute approximate surface area is 152 Å². The Morgan fingerprint density at radius 3 is 2.62 bits per heavy atom. The Morgan fingerprint density at radius 1 is 1.19 bits per heavy atom. The number of hydrogen-bond donors (Lipinski definition) is 2. The van der Waals surface area contributed by atoms with E-state index in [9.17, 15) is 12.8 Å². The van der Waals surface area contributed by atoms with Crippen LogP contribution in [0.2, 0.25) is 0 Å². The summed E-state index contributed by atoms with van der Waals surface area (Å²) in [6.07, 6.45) is 0.893. The molecule has 1 unspecified atom stereocenters. The molecule has 140 valence electrons. The zero-order chi connectivity index (χ0) is 18.7. The number of methoxy groups -OCH3 is 2. The number of fused-ring (bicyclic) bond motifs is 1. The van der Waals surface area contributed by atoms with E-state index in [4.69, 9.17) is 9.47 Å². The minimum Gasteiger partial charge on any atom is -0.493 e. The first-order chi connectivity index (χ1) is 12.5. The molecule has 2 aromatic rings. The van der Waals surface area contributed by atoms with E-state index >= 15 is 0 Å². The van der Waals surface area contributed by atoms with Gasteiger partial charge in [0, 0.05) is 24.7 Å². The molecule has 0 amide bonds. The van der Waals surface area contributed by atoms with E-state index in [0.29, 0.717) is 0 Å². The quantitative estimate of drug-likeness (QED) is 0.802. The van der Waals surface area contributed by atoms with E-state index in [2.05, 4.69) is 10.0 Å². The van der Waals surface area contributed by atoms with Gasteiger partial charge in [0.2, 0.25) is 10.0 Å². The molecule has 0 aliphatic carbocycles. The molecule has 2 N–H and O–H groups in total. The number of nitrogens with one attached hydrogen (secondary N) is 2. The summed E-state index contributed by atoms with van der Waals surface area (Å²) in [5.74, 6) is -0.616. The highest BCUT2D eigenvalue weighted by molar-refractivity contribution is 7.89. The third-order valence-corrected chi connectivity index (χ3v) is 5.86. The molecule has 3 rings (SSSR count). The number of rotatable bonds is 6. The van der Waals surface area contributed by atoms with E-state index in [1.54, 1.807) is 0 Å². The summed E-state index contributed by atoms with van der Waals surface area (Å²) in [6, 6.07) is 9.84. The second kappa shape index (κ2) is 7.61. The number of hydrogen-bond acceptors (Lipinski definition) is 5. The van der Waals surface area contributed by atoms with Crippen LogP contribution in [0.3, 0.4) is 0 Å². The van der Waals surface area contributed by atoms with Crippen molar-refractivity contribution in [1.82, 2.24) is 10.0 Å². The van der Waals surface area contributed by atoms with Gasteiger partial charge in [-0.2, -0.15) is 0 Å². The van der Waals surface area contributed by atoms with Crippen LogP contribution >= 0.6 is 0 Å². The Morgan fingerprint density at radius 2 is 1.88 bits per heavy atom. The highest BCUT2D eigenvalue weighted by Gasteiger charge is 2.25. The Bertz CT molecular complexity index is 902. The molecule has 0 saturated heterocycles. The molecule has 0 saturated carbocycles. The lowest BCUT2D eigenvalue weighted by atomic mass is 9.95. The molecular weight excluding hydrogens is 359 g/mol. The van der Waals surface area contributed by atoms with Crippen molar-refractivity contribution in [2.45, 2.75) is 17.4 Å². The lowest BCUT2D eigenvalue weighted by molar-refractivity contribution is 0.350. The zero-order valence-electron chi connectivity index (χ0n) is 14.6. The van der Waals surface area contributed by atoms with Gasteiger partial charge < -0.3 is 14.8 Å². The molecule has 26 heavy (non-hydrogen) atoms. The van der Waals surface area contributed by atoms with Gasteiger partial charge in [0.1, 0.15) is 10.7 Å². The Kier molecular flexibility index (Phi) is 5.45. The van der Waals surface area contributed by atoms with Gasteiger partial charge in [0.15, 0.2) is 11.5 Å². The molecule has 1 aliphatic rings. The van der Waals surface area contributed by atoms with Crippen molar-refractivity contribution in [3.05, 3.63) is 53.3 Å². The van der Waals surface area contributed by atoms with Crippen LogP contribution in [0.1, 0.15) is 17.2 Å². The fraction of sp³-hybridized carbons (Fsp3) is 0.333. The lowest BCUT2D eigenvalue weighted by Crippen LogP contribution is -2.39. The lowest BCUT2D eigenvalue weighted by Gasteiger charge is -2.27. The van der Waals surface area contributed by atoms with Gasteiger partial charge in [-0.25, -0.2) is 17.5 Å². The third-order valence-electron chi connectivity index (χ3n) is 4.42. The summed E-state index contributed by atoms with van der Waals surface area (Å²) in [7, 11) is -1.33. The summed E-state index contributed by atoms with van der Waals surface area (Å²) in [4.78, 5) is -0.473. The van der Waals surface area contributed by atoms with Crippen LogP contribution in [-0.2, 0) is 16.4 Å². The van der Waals surface area contributed by atoms with Crippen LogP contribution in [0, 0.1) is 5.82 Å². The van der Waals surface area contributed by atoms with Crippen LogP contribution in [0.15, 0.2) is 41.3 Å². The zero-order valence-corrected chi connectivity index (χ0v) is 15.4. The molecule has 2 aromatic carbocycles. The van der Waals surface area contributed by atoms with E-state index < -0.39 is 20.7 Å². The average molecular weight is 380 g/mol. The average Bonchev–Trinajstić information content (AvgIpc) is 2.65. The number of halogens is 1. The second-order valence-electron chi connectivity index (χ2n) is 5.95. The summed E-state index contributed by atoms with van der Waals surface area (Å²) in [5, 5.41) is 3.29. The highest BCUT2D eigenvalue weighted by atomic mass is 32.2. The van der Waals surface area contributed by atoms with Crippen LogP contribution in [0.5, 0.6) is 11.5 Å². The maximum atomic E-state index is 14.3. The van der Waals surface area contributed by atoms with Gasteiger partial charge in [-0.15, -0.1) is 0 Å². The molecule has 1 aliphatic heterocycles. The fourth-order valence-electron chi connectivity index (χ4n) is 3.09. The monoisotopic (exact) mass is 380 g/mol. The van der Waals surface area contributed by atoms with E-state index in [1.165, 1.54) is 19.8 Å². The Hall–Kier alpha value is -2.16. The van der Waals surface area contributed by atoms with Crippen LogP contribution < -0.4 is 19.5 Å². The molecule has 0 fully saturated rings. The van der Waals surface area contributed by atoms with Crippen molar-refractivity contribution in [3.63, 3.8) is 0 Å². The summed E-state index contributed by atoms with van der Waals surface area (Å²) < 4.78 is 52.0. The molecule has 1 heterocycles. The summed E-state index contributed by atoms with van der Waals surface area (Å²) in [5.41, 5.74) is 2.24. The first-order valence-electron chi connectivity index (χ1n) is 8.18. The first-order valence-corrected chi connectivity index (χ1v) is 9.67. The summed E-state index contributed by atoms with van der Waals surface area (Å²) in [6.45, 7) is 0.876. The van der Waals surface area contributed by atoms with Gasteiger partial charge in [-0.3, -0.25) is 0 Å². The minimum atomic E-state index is -4.05. The van der Waals surface area contributed by atoms with Crippen molar-refractivity contribution in [1.29, 1.82) is 0 Å². The molecule has 0 radical (unpaired) electrons. The van der Waals surface area contributed by atoms with Crippen molar-refractivity contribution < 1.29 is 22.3 Å². The van der Waals surface area contributed by atoms with Gasteiger partial charge in [-0.05, 0) is 24.1 Å². The second-order valence-corrected chi connectivity index (χ2v) is 7.68. The number of sulfonamides is 1. The summed E-state index contributed by atoms with van der Waals surface area (Å²) >= 11 is 0. The van der Waals surface area contributed by atoms with Gasteiger partial charge >= 0.3 is 0 Å². The normalized spacial score (nSPS) is 16.8. The topological polar surface area (TPSA) is 76.7 Å². The molecule has 0 spiro atoms. The molecule has 8 heteroatoms. The van der Waals surface area contributed by atoms with E-state index in [0.717, 1.165) is 30.7 Å². The third kappa shape index (κ3) is 3.67. The first kappa shape index (κ1) is 18.6. The van der Waals surface area contributed by atoms with Crippen LogP contribution in [0.25, 0.3) is 0 Å². The number of benzene rings is 2. The van der Waals surface area contributed by atoms with E-state index in [1.807, 2.05) is 24.3 Å². The van der Waals surface area contributed by atoms with Crippen molar-refractivity contribution >= 4 is 10.0 Å². The van der Waals surface area contributed by atoms with Crippen LogP contribution in [0.4, 0.5) is 4.39 Å². The van der Waals surface area contributed by atoms with Crippen LogP contribution in [-0.4, -0.2) is 35.7 Å². The smallest absolute Gasteiger partial charge is 0.243 e. The van der Waals surface area contributed by atoms with Gasteiger partial charge in [0.25, 0.3) is 0 Å². The minimum absolute atomic E-state index is 0.118. The molecular formula is C18H21FN2O4S. The number of ether oxygens (including phenoxy) is 2. The Balaban J connectivity index is 1.83. The fourth-order valence-corrected chi connectivity index (χ4v) is 4.21. The van der Waals surface area contributed by atoms with Gasteiger partial charge in [0.05, 0.1) is 14.2 Å². The largest absolute Gasteiger partial charge is 0.493 e. The highest BCUT2D eigenvalue weighted by Crippen LogP contribution is 2.32. The molecule has 0 aromatic heterocycles. The SMILES string of the molecule is COc1cc(F)c(S(=O)(=O)NCC2NCCc3ccccc32)cc1OC. The van der Waals surface area contributed by atoms with Gasteiger partial charge in [-0.1, -0.05) is 24.3 Å². The van der Waals surface area contributed by atoms with Crippen molar-refractivity contribution in [3.8, 4) is 11.5 Å². The van der Waals surface area contributed by atoms with Crippen molar-refractivity contribution in [2.75, 3.05) is 27.3 Å². The predicted octanol–water partition coefficient (Wildman–Crippen LogP) is 2.01. The standard InChI is InChI=1S/C18H21FN2O4S/c1-24-16-9-14(19)18(10-17(16)25-2)26(22,23)21-11-15-13-6-4-3-5-12(13)7-8-20-15/h3-6,9-10,15,20-21H,7-8,11H2,1-2H3. The van der Waals surface area contributed by atoms with E-state index in [-0.39, 0.29) is 24.1 Å².